The van der Waals surface area contributed by atoms with Crippen LogP contribution in [0.2, 0.25) is 0 Å². The molecule has 0 radical (unpaired) electrons. The standard InChI is InChI=1S/C14H21FN2O2.ClH/c1-19-11-2-3-12(13(15)10-11)14(4-9-18)17-7-5-16-6-8-17;/h2-3,10,14,16,18H,4-9H2,1H3;1H/t14-;/m1./s1. The molecule has 2 N–H and O–H groups in total. The lowest BCUT2D eigenvalue weighted by atomic mass is 10.0. The van der Waals surface area contributed by atoms with Gasteiger partial charge in [0.15, 0.2) is 0 Å². The lowest BCUT2D eigenvalue weighted by Gasteiger charge is -2.35. The first kappa shape index (κ1) is 17.2. The maximum absolute atomic E-state index is 14.2. The molecule has 1 aliphatic rings. The van der Waals surface area contributed by atoms with Crippen molar-refractivity contribution in [1.82, 2.24) is 10.2 Å². The lowest BCUT2D eigenvalue weighted by molar-refractivity contribution is 0.138. The maximum atomic E-state index is 14.2. The van der Waals surface area contributed by atoms with E-state index in [9.17, 15) is 9.50 Å². The van der Waals surface area contributed by atoms with E-state index in [1.165, 1.54) is 13.2 Å². The Labute approximate surface area is 125 Å². The zero-order valence-electron chi connectivity index (χ0n) is 11.6. The summed E-state index contributed by atoms with van der Waals surface area (Å²) >= 11 is 0. The quantitative estimate of drug-likeness (QED) is 0.867. The first-order valence-corrected chi connectivity index (χ1v) is 6.65. The molecule has 20 heavy (non-hydrogen) atoms. The SMILES string of the molecule is COc1ccc([C@@H](CCO)N2CCNCC2)c(F)c1.Cl. The highest BCUT2D eigenvalue weighted by molar-refractivity contribution is 5.85. The molecule has 6 heteroatoms. The van der Waals surface area contributed by atoms with E-state index >= 15 is 0 Å². The second-order valence-corrected chi connectivity index (χ2v) is 4.70. The highest BCUT2D eigenvalue weighted by Gasteiger charge is 2.24. The van der Waals surface area contributed by atoms with Gasteiger partial charge in [-0.05, 0) is 12.5 Å². The van der Waals surface area contributed by atoms with E-state index in [1.807, 2.05) is 0 Å². The summed E-state index contributed by atoms with van der Waals surface area (Å²) in [6, 6.07) is 4.86. The molecule has 114 valence electrons. The number of nitrogens with one attached hydrogen (secondary N) is 1. The van der Waals surface area contributed by atoms with Crippen molar-refractivity contribution in [2.45, 2.75) is 12.5 Å². The van der Waals surface area contributed by atoms with Gasteiger partial charge in [-0.25, -0.2) is 4.39 Å². The van der Waals surface area contributed by atoms with Crippen LogP contribution in [-0.2, 0) is 0 Å². The Morgan fingerprint density at radius 3 is 2.65 bits per heavy atom. The first-order chi connectivity index (χ1) is 9.26. The predicted octanol–water partition coefficient (Wildman–Crippen LogP) is 1.58. The zero-order valence-corrected chi connectivity index (χ0v) is 12.5. The van der Waals surface area contributed by atoms with Gasteiger partial charge in [-0.3, -0.25) is 4.90 Å². The highest BCUT2D eigenvalue weighted by atomic mass is 35.5. The van der Waals surface area contributed by atoms with E-state index in [2.05, 4.69) is 10.2 Å². The highest BCUT2D eigenvalue weighted by Crippen LogP contribution is 2.29. The van der Waals surface area contributed by atoms with Crippen LogP contribution in [0.1, 0.15) is 18.0 Å². The topological polar surface area (TPSA) is 44.7 Å². The third-order valence-electron chi connectivity index (χ3n) is 3.56. The Kier molecular flexibility index (Phi) is 7.23. The minimum Gasteiger partial charge on any atom is -0.497 e. The minimum atomic E-state index is -0.267. The molecule has 0 spiro atoms. The third kappa shape index (κ3) is 4.06. The van der Waals surface area contributed by atoms with E-state index in [0.717, 1.165) is 26.2 Å². The van der Waals surface area contributed by atoms with Crippen molar-refractivity contribution < 1.29 is 14.2 Å². The van der Waals surface area contributed by atoms with Crippen molar-refractivity contribution in [3.05, 3.63) is 29.6 Å². The third-order valence-corrected chi connectivity index (χ3v) is 3.56. The second-order valence-electron chi connectivity index (χ2n) is 4.70. The largest absolute Gasteiger partial charge is 0.497 e. The van der Waals surface area contributed by atoms with Crippen LogP contribution < -0.4 is 10.1 Å². The van der Waals surface area contributed by atoms with Gasteiger partial charge in [-0.1, -0.05) is 6.07 Å². The summed E-state index contributed by atoms with van der Waals surface area (Å²) in [5.41, 5.74) is 0.636. The molecule has 1 saturated heterocycles. The molecule has 1 fully saturated rings. The van der Waals surface area contributed by atoms with Gasteiger partial charge in [-0.2, -0.15) is 0 Å². The Morgan fingerprint density at radius 2 is 2.10 bits per heavy atom. The lowest BCUT2D eigenvalue weighted by Crippen LogP contribution is -2.45. The monoisotopic (exact) mass is 304 g/mol. The second kappa shape index (κ2) is 8.42. The normalized spacial score (nSPS) is 17.4. The zero-order chi connectivity index (χ0) is 13.7. The van der Waals surface area contributed by atoms with Crippen molar-refractivity contribution >= 4 is 12.4 Å². The fraction of sp³-hybridized carbons (Fsp3) is 0.571. The molecule has 1 aliphatic heterocycles. The van der Waals surface area contributed by atoms with Gasteiger partial charge in [0.1, 0.15) is 11.6 Å². The van der Waals surface area contributed by atoms with Gasteiger partial charge in [0.25, 0.3) is 0 Å². The molecule has 0 aliphatic carbocycles. The van der Waals surface area contributed by atoms with Gasteiger partial charge in [0.05, 0.1) is 7.11 Å². The van der Waals surface area contributed by atoms with Crippen molar-refractivity contribution in [2.24, 2.45) is 0 Å². The van der Waals surface area contributed by atoms with Crippen LogP contribution in [0.5, 0.6) is 5.75 Å². The number of nitrogens with zero attached hydrogens (tertiary/aromatic N) is 1. The first-order valence-electron chi connectivity index (χ1n) is 6.65. The molecule has 0 aromatic heterocycles. The van der Waals surface area contributed by atoms with Gasteiger partial charge < -0.3 is 15.2 Å². The number of hydrogen-bond acceptors (Lipinski definition) is 4. The van der Waals surface area contributed by atoms with E-state index in [0.29, 0.717) is 17.7 Å². The Morgan fingerprint density at radius 1 is 1.40 bits per heavy atom. The number of ether oxygens (including phenoxy) is 1. The molecular formula is C14H22ClFN2O2. The summed E-state index contributed by atoms with van der Waals surface area (Å²) in [4.78, 5) is 2.22. The Hall–Kier alpha value is -0.880. The summed E-state index contributed by atoms with van der Waals surface area (Å²) in [6.07, 6.45) is 0.545. The van der Waals surface area contributed by atoms with Crippen molar-refractivity contribution in [3.8, 4) is 5.75 Å². The Balaban J connectivity index is 0.00000200. The van der Waals surface area contributed by atoms with E-state index in [1.54, 1.807) is 12.1 Å². The molecule has 0 saturated carbocycles. The van der Waals surface area contributed by atoms with Gasteiger partial charge in [0, 0.05) is 50.5 Å². The molecule has 0 amide bonds. The van der Waals surface area contributed by atoms with Crippen LogP contribution >= 0.6 is 12.4 Å². The fourth-order valence-corrected chi connectivity index (χ4v) is 2.56. The fourth-order valence-electron chi connectivity index (χ4n) is 2.56. The Bertz CT molecular complexity index is 414. The van der Waals surface area contributed by atoms with Crippen LogP contribution in [0.25, 0.3) is 0 Å². The van der Waals surface area contributed by atoms with Crippen LogP contribution in [-0.4, -0.2) is 49.9 Å². The van der Waals surface area contributed by atoms with E-state index in [4.69, 9.17) is 4.74 Å². The van der Waals surface area contributed by atoms with Crippen LogP contribution in [0.15, 0.2) is 18.2 Å². The summed E-state index contributed by atoms with van der Waals surface area (Å²) in [6.45, 7) is 3.60. The van der Waals surface area contributed by atoms with Gasteiger partial charge in [0.2, 0.25) is 0 Å². The van der Waals surface area contributed by atoms with E-state index in [-0.39, 0.29) is 30.9 Å². The summed E-state index contributed by atoms with van der Waals surface area (Å²) in [5.74, 6) is 0.251. The average Bonchev–Trinajstić information content (AvgIpc) is 2.46. The molecule has 4 nitrogen and oxygen atoms in total. The average molecular weight is 305 g/mol. The number of aliphatic hydroxyl groups excluding tert-OH is 1. The molecule has 2 rings (SSSR count). The van der Waals surface area contributed by atoms with Gasteiger partial charge >= 0.3 is 0 Å². The number of piperazine rings is 1. The minimum absolute atomic E-state index is 0. The van der Waals surface area contributed by atoms with Crippen molar-refractivity contribution in [3.63, 3.8) is 0 Å². The van der Waals surface area contributed by atoms with Crippen LogP contribution in [0, 0.1) is 5.82 Å². The molecule has 1 atom stereocenters. The summed E-state index contributed by atoms with van der Waals surface area (Å²) in [7, 11) is 1.52. The number of aliphatic hydroxyl groups is 1. The molecule has 1 aromatic rings. The summed E-state index contributed by atoms with van der Waals surface area (Å²) < 4.78 is 19.2. The molecule has 1 aromatic carbocycles. The van der Waals surface area contributed by atoms with Crippen molar-refractivity contribution in [2.75, 3.05) is 39.9 Å². The number of halogens is 2. The number of benzene rings is 1. The van der Waals surface area contributed by atoms with Gasteiger partial charge in [-0.15, -0.1) is 12.4 Å². The molecule has 0 bridgehead atoms. The van der Waals surface area contributed by atoms with E-state index < -0.39 is 0 Å². The molecule has 1 heterocycles. The molecular weight excluding hydrogens is 283 g/mol. The predicted molar refractivity (Wildman–Crippen MR) is 79.1 cm³/mol. The summed E-state index contributed by atoms with van der Waals surface area (Å²) in [5, 5.41) is 12.5. The number of hydrogen-bond donors (Lipinski definition) is 2. The molecule has 0 unspecified atom stereocenters. The maximum Gasteiger partial charge on any atom is 0.131 e. The van der Waals surface area contributed by atoms with Crippen LogP contribution in [0.4, 0.5) is 4.39 Å². The smallest absolute Gasteiger partial charge is 0.131 e. The number of methoxy groups -OCH3 is 1. The van der Waals surface area contributed by atoms with Crippen LogP contribution in [0.3, 0.4) is 0 Å². The van der Waals surface area contributed by atoms with Crippen molar-refractivity contribution in [1.29, 1.82) is 0 Å². The number of rotatable bonds is 5.